The highest BCUT2D eigenvalue weighted by molar-refractivity contribution is 5.95. The van der Waals surface area contributed by atoms with Crippen LogP contribution in [-0.4, -0.2) is 40.5 Å². The van der Waals surface area contributed by atoms with Gasteiger partial charge in [-0.3, -0.25) is 9.59 Å². The molecule has 1 atom stereocenters. The maximum Gasteiger partial charge on any atom is 0.323 e. The Balaban J connectivity index is 1.99. The van der Waals surface area contributed by atoms with Gasteiger partial charge in [-0.05, 0) is 5.56 Å². The Labute approximate surface area is 98.8 Å². The van der Waals surface area contributed by atoms with Gasteiger partial charge in [0.05, 0.1) is 0 Å². The summed E-state index contributed by atoms with van der Waals surface area (Å²) in [5.74, 6) is -1.30. The number of carbonyl (C=O) groups is 2. The van der Waals surface area contributed by atoms with Crippen molar-refractivity contribution >= 4 is 11.9 Å². The fraction of sp³-hybridized carbons (Fsp3) is 0.333. The third-order valence-corrected chi connectivity index (χ3v) is 2.87. The normalized spacial score (nSPS) is 23.4. The molecule has 1 fully saturated rings. The van der Waals surface area contributed by atoms with Gasteiger partial charge in [-0.15, -0.1) is 0 Å². The zero-order chi connectivity index (χ0) is 12.5. The molecule has 0 bridgehead atoms. The standard InChI is InChI=1S/C12H14N2O3/c13-12(6-9-4-2-1-3-5-9)8-14(11(12)17)7-10(15)16/h1-5H,6-8,13H2,(H,15,16)/t12-/m0/s1. The molecule has 1 aromatic carbocycles. The minimum absolute atomic E-state index is 0.271. The first-order valence-corrected chi connectivity index (χ1v) is 5.35. The third kappa shape index (κ3) is 2.29. The van der Waals surface area contributed by atoms with Crippen LogP contribution in [0.1, 0.15) is 5.56 Å². The number of β-lactam (4-membered cyclic amide) rings is 1. The molecule has 0 aliphatic carbocycles. The van der Waals surface area contributed by atoms with Gasteiger partial charge in [0.15, 0.2) is 0 Å². The SMILES string of the molecule is N[C@@]1(Cc2ccccc2)CN(CC(=O)O)C1=O. The molecule has 1 aromatic rings. The van der Waals surface area contributed by atoms with E-state index in [0.29, 0.717) is 13.0 Å². The van der Waals surface area contributed by atoms with E-state index in [4.69, 9.17) is 10.8 Å². The number of amides is 1. The van der Waals surface area contributed by atoms with E-state index < -0.39 is 11.5 Å². The maximum atomic E-state index is 11.8. The second-order valence-corrected chi connectivity index (χ2v) is 4.37. The first-order valence-electron chi connectivity index (χ1n) is 5.35. The van der Waals surface area contributed by atoms with E-state index in [1.165, 1.54) is 4.90 Å². The fourth-order valence-corrected chi connectivity index (χ4v) is 2.09. The molecule has 1 aliphatic rings. The lowest BCUT2D eigenvalue weighted by Crippen LogP contribution is -2.73. The Morgan fingerprint density at radius 2 is 2.06 bits per heavy atom. The zero-order valence-corrected chi connectivity index (χ0v) is 9.30. The van der Waals surface area contributed by atoms with Gasteiger partial charge in [-0.2, -0.15) is 0 Å². The van der Waals surface area contributed by atoms with E-state index >= 15 is 0 Å². The van der Waals surface area contributed by atoms with Gasteiger partial charge in [0, 0.05) is 13.0 Å². The van der Waals surface area contributed by atoms with Crippen molar-refractivity contribution in [1.82, 2.24) is 4.90 Å². The maximum absolute atomic E-state index is 11.8. The van der Waals surface area contributed by atoms with Gasteiger partial charge in [0.2, 0.25) is 5.91 Å². The predicted octanol–water partition coefficient (Wildman–Crippen LogP) is -0.147. The number of benzene rings is 1. The Bertz CT molecular complexity index is 446. The number of carbonyl (C=O) groups excluding carboxylic acids is 1. The summed E-state index contributed by atoms with van der Waals surface area (Å²) in [5.41, 5.74) is 6.01. The van der Waals surface area contributed by atoms with Crippen LogP contribution in [0, 0.1) is 0 Å². The van der Waals surface area contributed by atoms with Crippen LogP contribution in [0.25, 0.3) is 0 Å². The number of nitrogens with two attached hydrogens (primary N) is 1. The van der Waals surface area contributed by atoms with Gasteiger partial charge in [0.1, 0.15) is 12.1 Å². The number of nitrogens with zero attached hydrogens (tertiary/aromatic N) is 1. The molecule has 1 amide bonds. The van der Waals surface area contributed by atoms with Crippen molar-refractivity contribution in [2.75, 3.05) is 13.1 Å². The van der Waals surface area contributed by atoms with Crippen LogP contribution in [0.2, 0.25) is 0 Å². The second-order valence-electron chi connectivity index (χ2n) is 4.37. The monoisotopic (exact) mass is 234 g/mol. The summed E-state index contributed by atoms with van der Waals surface area (Å²) < 4.78 is 0. The molecule has 0 radical (unpaired) electrons. The van der Waals surface area contributed by atoms with Crippen LogP contribution in [0.5, 0.6) is 0 Å². The van der Waals surface area contributed by atoms with Crippen LogP contribution in [0.3, 0.4) is 0 Å². The minimum atomic E-state index is -1.01. The van der Waals surface area contributed by atoms with Gasteiger partial charge in [0.25, 0.3) is 0 Å². The quantitative estimate of drug-likeness (QED) is 0.710. The second kappa shape index (κ2) is 4.18. The van der Waals surface area contributed by atoms with E-state index in [0.717, 1.165) is 5.56 Å². The molecule has 5 nitrogen and oxygen atoms in total. The molecule has 0 unspecified atom stereocenters. The molecule has 90 valence electrons. The van der Waals surface area contributed by atoms with E-state index in [2.05, 4.69) is 0 Å². The third-order valence-electron chi connectivity index (χ3n) is 2.87. The molecule has 0 aromatic heterocycles. The van der Waals surface area contributed by atoms with Gasteiger partial charge < -0.3 is 15.7 Å². The zero-order valence-electron chi connectivity index (χ0n) is 9.30. The molecule has 1 heterocycles. The van der Waals surface area contributed by atoms with Crippen LogP contribution < -0.4 is 5.73 Å². The number of hydrogen-bond donors (Lipinski definition) is 2. The molecule has 0 saturated carbocycles. The molecule has 1 aliphatic heterocycles. The van der Waals surface area contributed by atoms with Gasteiger partial charge in [-0.25, -0.2) is 0 Å². The Morgan fingerprint density at radius 1 is 1.41 bits per heavy atom. The summed E-state index contributed by atoms with van der Waals surface area (Å²) >= 11 is 0. The summed E-state index contributed by atoms with van der Waals surface area (Å²) in [5, 5.41) is 8.59. The Hall–Kier alpha value is -1.88. The van der Waals surface area contributed by atoms with Crippen molar-refractivity contribution in [2.45, 2.75) is 12.0 Å². The van der Waals surface area contributed by atoms with Crippen molar-refractivity contribution in [2.24, 2.45) is 5.73 Å². The average Bonchev–Trinajstić information content (AvgIpc) is 2.29. The number of rotatable bonds is 4. The lowest BCUT2D eigenvalue weighted by atomic mass is 9.83. The van der Waals surface area contributed by atoms with Crippen LogP contribution in [0.15, 0.2) is 30.3 Å². The Morgan fingerprint density at radius 3 is 2.59 bits per heavy atom. The van der Waals surface area contributed by atoms with Crippen molar-refractivity contribution in [3.63, 3.8) is 0 Å². The molecule has 17 heavy (non-hydrogen) atoms. The van der Waals surface area contributed by atoms with Crippen molar-refractivity contribution in [3.8, 4) is 0 Å². The largest absolute Gasteiger partial charge is 0.480 e. The summed E-state index contributed by atoms with van der Waals surface area (Å²) in [7, 11) is 0. The molecular weight excluding hydrogens is 220 g/mol. The smallest absolute Gasteiger partial charge is 0.323 e. The number of carboxylic acids is 1. The Kier molecular flexibility index (Phi) is 2.85. The molecule has 1 saturated heterocycles. The number of hydrogen-bond acceptors (Lipinski definition) is 3. The van der Waals surface area contributed by atoms with Crippen LogP contribution in [0.4, 0.5) is 0 Å². The summed E-state index contributed by atoms with van der Waals surface area (Å²) in [6.45, 7) is 0.0274. The minimum Gasteiger partial charge on any atom is -0.480 e. The van der Waals surface area contributed by atoms with Crippen LogP contribution >= 0.6 is 0 Å². The van der Waals surface area contributed by atoms with Crippen molar-refractivity contribution < 1.29 is 14.7 Å². The van der Waals surface area contributed by atoms with Crippen LogP contribution in [-0.2, 0) is 16.0 Å². The number of likely N-dealkylation sites (tertiary alicyclic amines) is 1. The van der Waals surface area contributed by atoms with Crippen molar-refractivity contribution in [3.05, 3.63) is 35.9 Å². The molecule has 0 spiro atoms. The van der Waals surface area contributed by atoms with E-state index in [1.54, 1.807) is 0 Å². The first kappa shape index (κ1) is 11.6. The molecule has 5 heteroatoms. The molecular formula is C12H14N2O3. The lowest BCUT2D eigenvalue weighted by molar-refractivity contribution is -0.157. The van der Waals surface area contributed by atoms with E-state index in [9.17, 15) is 9.59 Å². The van der Waals surface area contributed by atoms with Crippen molar-refractivity contribution in [1.29, 1.82) is 0 Å². The summed E-state index contributed by atoms with van der Waals surface area (Å²) in [6, 6.07) is 9.48. The summed E-state index contributed by atoms with van der Waals surface area (Å²) in [6.07, 6.45) is 0.447. The highest BCUT2D eigenvalue weighted by Gasteiger charge is 2.49. The fourth-order valence-electron chi connectivity index (χ4n) is 2.09. The molecule has 3 N–H and O–H groups in total. The van der Waals surface area contributed by atoms with Gasteiger partial charge >= 0.3 is 5.97 Å². The lowest BCUT2D eigenvalue weighted by Gasteiger charge is -2.45. The predicted molar refractivity (Wildman–Crippen MR) is 61.3 cm³/mol. The number of carboxylic acid groups (broad SMARTS) is 1. The topological polar surface area (TPSA) is 83.6 Å². The first-order chi connectivity index (χ1) is 8.01. The highest BCUT2D eigenvalue weighted by Crippen LogP contribution is 2.24. The van der Waals surface area contributed by atoms with E-state index in [1.807, 2.05) is 30.3 Å². The van der Waals surface area contributed by atoms with Gasteiger partial charge in [-0.1, -0.05) is 30.3 Å². The summed E-state index contributed by atoms with van der Waals surface area (Å²) in [4.78, 5) is 23.5. The van der Waals surface area contributed by atoms with E-state index in [-0.39, 0.29) is 12.5 Å². The number of aliphatic carboxylic acids is 1. The highest BCUT2D eigenvalue weighted by atomic mass is 16.4. The molecule has 2 rings (SSSR count). The average molecular weight is 234 g/mol.